The molecule has 2 N–H and O–H groups in total. The summed E-state index contributed by atoms with van der Waals surface area (Å²) in [5.74, 6) is -0.518. The Morgan fingerprint density at radius 3 is 2.79 bits per heavy atom. The Labute approximate surface area is 121 Å². The Balaban J connectivity index is 2.66. The van der Waals surface area contributed by atoms with E-state index in [-0.39, 0.29) is 10.0 Å². The van der Waals surface area contributed by atoms with Gasteiger partial charge in [0, 0.05) is 13.1 Å². The fourth-order valence-electron chi connectivity index (χ4n) is 1.60. The highest BCUT2D eigenvalue weighted by atomic mass is 35.5. The maximum absolute atomic E-state index is 11.4. The number of esters is 1. The van der Waals surface area contributed by atoms with Gasteiger partial charge in [0.15, 0.2) is 15.2 Å². The lowest BCUT2D eigenvalue weighted by molar-refractivity contribution is 0.0459. The summed E-state index contributed by atoms with van der Waals surface area (Å²) in [5, 5.41) is 13.7. The van der Waals surface area contributed by atoms with Crippen molar-refractivity contribution in [3.63, 3.8) is 0 Å². The first kappa shape index (κ1) is 16.2. The Morgan fingerprint density at radius 1 is 1.63 bits per heavy atom. The number of aliphatic hydroxyl groups is 1. The van der Waals surface area contributed by atoms with Gasteiger partial charge in [0.2, 0.25) is 0 Å². The van der Waals surface area contributed by atoms with Crippen LogP contribution >= 0.6 is 22.9 Å². The number of ether oxygens (including phenoxy) is 1. The molecule has 1 rings (SSSR count). The molecule has 0 spiro atoms. The minimum Gasteiger partial charge on any atom is -0.465 e. The number of halogens is 1. The molecule has 0 fully saturated rings. The van der Waals surface area contributed by atoms with Gasteiger partial charge in [-0.3, -0.25) is 0 Å². The Hall–Kier alpha value is -0.890. The minimum absolute atomic E-state index is 0.103. The van der Waals surface area contributed by atoms with Crippen molar-refractivity contribution in [1.29, 1.82) is 0 Å². The highest BCUT2D eigenvalue weighted by Crippen LogP contribution is 2.27. The predicted molar refractivity (Wildman–Crippen MR) is 76.1 cm³/mol. The number of hydrogen-bond acceptors (Lipinski definition) is 7. The minimum atomic E-state index is -0.910. The van der Waals surface area contributed by atoms with Crippen LogP contribution in [0.4, 0.5) is 5.13 Å². The van der Waals surface area contributed by atoms with Crippen LogP contribution in [0.2, 0.25) is 5.15 Å². The molecule has 0 saturated heterocycles. The van der Waals surface area contributed by atoms with Gasteiger partial charge in [-0.05, 0) is 21.0 Å². The first-order chi connectivity index (χ1) is 8.75. The maximum Gasteiger partial charge on any atom is 0.351 e. The molecule has 1 aromatic heterocycles. The van der Waals surface area contributed by atoms with Gasteiger partial charge in [-0.25, -0.2) is 9.78 Å². The first-order valence-electron chi connectivity index (χ1n) is 5.61. The molecule has 1 heterocycles. The van der Waals surface area contributed by atoms with Crippen molar-refractivity contribution in [2.45, 2.75) is 12.5 Å². The van der Waals surface area contributed by atoms with Crippen molar-refractivity contribution in [3.8, 4) is 0 Å². The number of nitrogens with one attached hydrogen (secondary N) is 1. The standard InChI is InChI=1S/C11H18ClN3O3S/c1-11(17,6-15(2)3)5-13-10-14-8(12)7(19-10)9(16)18-4/h17H,5-6H2,1-4H3,(H,13,14). The van der Waals surface area contributed by atoms with E-state index in [1.54, 1.807) is 6.92 Å². The zero-order chi connectivity index (χ0) is 14.6. The second-order valence-corrected chi connectivity index (χ2v) is 6.08. The fraction of sp³-hybridized carbons (Fsp3) is 0.636. The summed E-state index contributed by atoms with van der Waals surface area (Å²) < 4.78 is 4.59. The molecule has 0 amide bonds. The molecular formula is C11H18ClN3O3S. The third kappa shape index (κ3) is 4.94. The van der Waals surface area contributed by atoms with E-state index in [2.05, 4.69) is 15.0 Å². The van der Waals surface area contributed by atoms with Crippen LogP contribution in [0.15, 0.2) is 0 Å². The average molecular weight is 308 g/mol. The molecule has 0 bridgehead atoms. The molecular weight excluding hydrogens is 290 g/mol. The molecule has 0 saturated carbocycles. The molecule has 0 aliphatic carbocycles. The SMILES string of the molecule is COC(=O)c1sc(NCC(C)(O)CN(C)C)nc1Cl. The fourth-order valence-corrected chi connectivity index (χ4v) is 2.70. The van der Waals surface area contributed by atoms with Crippen LogP contribution in [0.1, 0.15) is 16.6 Å². The lowest BCUT2D eigenvalue weighted by atomic mass is 10.1. The van der Waals surface area contributed by atoms with Crippen LogP contribution in [0.3, 0.4) is 0 Å². The third-order valence-corrected chi connectivity index (χ3v) is 3.61. The number of carbonyl (C=O) groups is 1. The molecule has 108 valence electrons. The second kappa shape index (κ2) is 6.51. The number of aromatic nitrogens is 1. The van der Waals surface area contributed by atoms with E-state index in [0.717, 1.165) is 11.3 Å². The Morgan fingerprint density at radius 2 is 2.26 bits per heavy atom. The van der Waals surface area contributed by atoms with Crippen LogP contribution in [0, 0.1) is 0 Å². The monoisotopic (exact) mass is 307 g/mol. The molecule has 0 radical (unpaired) electrons. The number of rotatable bonds is 6. The summed E-state index contributed by atoms with van der Waals surface area (Å²) in [5.41, 5.74) is -0.910. The highest BCUT2D eigenvalue weighted by Gasteiger charge is 2.23. The van der Waals surface area contributed by atoms with E-state index in [9.17, 15) is 9.90 Å². The van der Waals surface area contributed by atoms with Gasteiger partial charge in [0.1, 0.15) is 0 Å². The van der Waals surface area contributed by atoms with Gasteiger partial charge in [0.05, 0.1) is 12.7 Å². The Kier molecular flexibility index (Phi) is 5.54. The quantitative estimate of drug-likeness (QED) is 0.772. The largest absolute Gasteiger partial charge is 0.465 e. The van der Waals surface area contributed by atoms with Crippen molar-refractivity contribution < 1.29 is 14.6 Å². The van der Waals surface area contributed by atoms with Gasteiger partial charge >= 0.3 is 5.97 Å². The van der Waals surface area contributed by atoms with E-state index < -0.39 is 11.6 Å². The molecule has 6 nitrogen and oxygen atoms in total. The van der Waals surface area contributed by atoms with E-state index >= 15 is 0 Å². The van der Waals surface area contributed by atoms with Crippen molar-refractivity contribution in [3.05, 3.63) is 10.0 Å². The number of methoxy groups -OCH3 is 1. The maximum atomic E-state index is 11.4. The number of nitrogens with zero attached hydrogens (tertiary/aromatic N) is 2. The van der Waals surface area contributed by atoms with Crippen LogP contribution in [0.25, 0.3) is 0 Å². The molecule has 0 aromatic carbocycles. The summed E-state index contributed by atoms with van der Waals surface area (Å²) in [6.45, 7) is 2.52. The lowest BCUT2D eigenvalue weighted by Gasteiger charge is -2.26. The Bertz CT molecular complexity index is 448. The van der Waals surface area contributed by atoms with Gasteiger partial charge in [-0.15, -0.1) is 0 Å². The first-order valence-corrected chi connectivity index (χ1v) is 6.80. The van der Waals surface area contributed by atoms with Crippen LogP contribution in [-0.4, -0.2) is 60.9 Å². The van der Waals surface area contributed by atoms with Crippen molar-refractivity contribution >= 4 is 34.0 Å². The number of hydrogen-bond donors (Lipinski definition) is 2. The normalized spacial score (nSPS) is 14.3. The summed E-state index contributed by atoms with van der Waals surface area (Å²) in [6.07, 6.45) is 0. The van der Waals surface area contributed by atoms with Crippen LogP contribution in [-0.2, 0) is 4.74 Å². The number of anilines is 1. The molecule has 1 atom stereocenters. The number of carbonyl (C=O) groups excluding carboxylic acids is 1. The van der Waals surface area contributed by atoms with Crippen LogP contribution < -0.4 is 5.32 Å². The summed E-state index contributed by atoms with van der Waals surface area (Å²) in [4.78, 5) is 17.5. The topological polar surface area (TPSA) is 74.7 Å². The summed E-state index contributed by atoms with van der Waals surface area (Å²) in [6, 6.07) is 0. The van der Waals surface area contributed by atoms with Crippen molar-refractivity contribution in [1.82, 2.24) is 9.88 Å². The number of thiazole rings is 1. The average Bonchev–Trinajstić information content (AvgIpc) is 2.65. The van der Waals surface area contributed by atoms with Crippen molar-refractivity contribution in [2.24, 2.45) is 0 Å². The van der Waals surface area contributed by atoms with Gasteiger partial charge in [0.25, 0.3) is 0 Å². The third-order valence-electron chi connectivity index (χ3n) is 2.23. The number of likely N-dealkylation sites (N-methyl/N-ethyl adjacent to an activating group) is 1. The molecule has 1 unspecified atom stereocenters. The predicted octanol–water partition coefficient (Wildman–Crippen LogP) is 1.31. The van der Waals surface area contributed by atoms with Crippen LogP contribution in [0.5, 0.6) is 0 Å². The zero-order valence-corrected chi connectivity index (χ0v) is 12.9. The molecule has 8 heteroatoms. The highest BCUT2D eigenvalue weighted by molar-refractivity contribution is 7.18. The van der Waals surface area contributed by atoms with Gasteiger partial charge in [-0.2, -0.15) is 0 Å². The zero-order valence-electron chi connectivity index (χ0n) is 11.4. The second-order valence-electron chi connectivity index (χ2n) is 4.72. The smallest absolute Gasteiger partial charge is 0.351 e. The van der Waals surface area contributed by atoms with E-state index in [1.165, 1.54) is 7.11 Å². The van der Waals surface area contributed by atoms with E-state index in [4.69, 9.17) is 11.6 Å². The van der Waals surface area contributed by atoms with Gasteiger partial charge in [-0.1, -0.05) is 22.9 Å². The molecule has 0 aliphatic heterocycles. The molecule has 1 aromatic rings. The van der Waals surface area contributed by atoms with Gasteiger partial charge < -0.3 is 20.1 Å². The van der Waals surface area contributed by atoms with E-state index in [1.807, 2.05) is 19.0 Å². The lowest BCUT2D eigenvalue weighted by Crippen LogP contribution is -2.43. The van der Waals surface area contributed by atoms with Crippen molar-refractivity contribution in [2.75, 3.05) is 39.6 Å². The summed E-state index contributed by atoms with van der Waals surface area (Å²) >= 11 is 6.94. The van der Waals surface area contributed by atoms with E-state index in [0.29, 0.717) is 18.2 Å². The molecule has 0 aliphatic rings. The summed E-state index contributed by atoms with van der Waals surface area (Å²) in [7, 11) is 5.04. The molecule has 19 heavy (non-hydrogen) atoms.